The van der Waals surface area contributed by atoms with Crippen molar-refractivity contribution in [3.8, 4) is 0 Å². The van der Waals surface area contributed by atoms with E-state index in [4.69, 9.17) is 23.2 Å². The van der Waals surface area contributed by atoms with Gasteiger partial charge in [0.15, 0.2) is 0 Å². The summed E-state index contributed by atoms with van der Waals surface area (Å²) in [5.41, 5.74) is 2.70. The molecule has 0 bridgehead atoms. The molecule has 2 rings (SSSR count). The topological polar surface area (TPSA) is 32.3 Å². The molecule has 5 heteroatoms. The molecule has 0 saturated heterocycles. The predicted octanol–water partition coefficient (Wildman–Crippen LogP) is 5.21. The number of halogens is 3. The molecule has 106 valence electrons. The van der Waals surface area contributed by atoms with Crippen LogP contribution in [0.4, 0.5) is 5.69 Å². The number of rotatable bonds is 4. The number of aliphatic hydroxyl groups is 1. The molecule has 0 aliphatic rings. The number of aryl methyl sites for hydroxylation is 1. The fourth-order valence-corrected chi connectivity index (χ4v) is 2.67. The van der Waals surface area contributed by atoms with E-state index in [1.807, 2.05) is 25.1 Å². The van der Waals surface area contributed by atoms with Gasteiger partial charge in [0.25, 0.3) is 0 Å². The van der Waals surface area contributed by atoms with E-state index in [0.29, 0.717) is 22.2 Å². The Morgan fingerprint density at radius 3 is 2.70 bits per heavy atom. The number of hydrogen-bond acceptors (Lipinski definition) is 2. The van der Waals surface area contributed by atoms with E-state index in [-0.39, 0.29) is 0 Å². The summed E-state index contributed by atoms with van der Waals surface area (Å²) >= 11 is 15.5. The number of nitrogens with one attached hydrogen (secondary N) is 1. The van der Waals surface area contributed by atoms with Gasteiger partial charge in [-0.25, -0.2) is 0 Å². The molecule has 0 spiro atoms. The molecule has 0 fully saturated rings. The molecular formula is C15H14BrCl2NO. The van der Waals surface area contributed by atoms with Gasteiger partial charge in [0.1, 0.15) is 0 Å². The zero-order valence-corrected chi connectivity index (χ0v) is 13.9. The van der Waals surface area contributed by atoms with E-state index in [0.717, 1.165) is 15.7 Å². The van der Waals surface area contributed by atoms with Crippen molar-refractivity contribution in [2.24, 2.45) is 0 Å². The summed E-state index contributed by atoms with van der Waals surface area (Å²) in [4.78, 5) is 0. The number of aliphatic hydroxyl groups excluding tert-OH is 1. The second-order valence-electron chi connectivity index (χ2n) is 4.55. The molecular weight excluding hydrogens is 361 g/mol. The fourth-order valence-electron chi connectivity index (χ4n) is 1.86. The number of anilines is 1. The van der Waals surface area contributed by atoms with E-state index >= 15 is 0 Å². The van der Waals surface area contributed by atoms with Crippen molar-refractivity contribution in [3.05, 3.63) is 62.0 Å². The minimum Gasteiger partial charge on any atom is -0.387 e. The molecule has 0 aromatic heterocycles. The van der Waals surface area contributed by atoms with Crippen molar-refractivity contribution in [2.45, 2.75) is 13.0 Å². The highest BCUT2D eigenvalue weighted by atomic mass is 79.9. The van der Waals surface area contributed by atoms with Crippen molar-refractivity contribution < 1.29 is 5.11 Å². The van der Waals surface area contributed by atoms with Crippen molar-refractivity contribution in [1.82, 2.24) is 0 Å². The fraction of sp³-hybridized carbons (Fsp3) is 0.200. The molecule has 1 unspecified atom stereocenters. The molecule has 0 aliphatic heterocycles. The molecule has 0 radical (unpaired) electrons. The lowest BCUT2D eigenvalue weighted by atomic mass is 10.1. The van der Waals surface area contributed by atoms with E-state index in [9.17, 15) is 5.11 Å². The summed E-state index contributed by atoms with van der Waals surface area (Å²) < 4.78 is 0.951. The molecule has 1 atom stereocenters. The third-order valence-corrected chi connectivity index (χ3v) is 4.20. The van der Waals surface area contributed by atoms with Crippen LogP contribution in [0.15, 0.2) is 40.9 Å². The van der Waals surface area contributed by atoms with Gasteiger partial charge in [0.2, 0.25) is 0 Å². The SMILES string of the molecule is Cc1ccc(Br)c(NCC(O)c2cc(Cl)ccc2Cl)c1. The standard InChI is InChI=1S/C15H14BrCl2NO/c1-9-2-4-12(16)14(6-9)19-8-15(20)11-7-10(17)3-5-13(11)18/h2-7,15,19-20H,8H2,1H3. The zero-order valence-electron chi connectivity index (χ0n) is 10.8. The molecule has 2 N–H and O–H groups in total. The van der Waals surface area contributed by atoms with Gasteiger partial charge in [0.05, 0.1) is 6.10 Å². The number of hydrogen-bond donors (Lipinski definition) is 2. The minimum atomic E-state index is -0.728. The van der Waals surface area contributed by atoms with Gasteiger partial charge in [-0.15, -0.1) is 0 Å². The van der Waals surface area contributed by atoms with Gasteiger partial charge in [-0.05, 0) is 58.7 Å². The first kappa shape index (κ1) is 15.6. The van der Waals surface area contributed by atoms with E-state index in [1.54, 1.807) is 18.2 Å². The van der Waals surface area contributed by atoms with Crippen LogP contribution in [-0.4, -0.2) is 11.7 Å². The smallest absolute Gasteiger partial charge is 0.0977 e. The monoisotopic (exact) mass is 373 g/mol. The van der Waals surface area contributed by atoms with Gasteiger partial charge in [-0.3, -0.25) is 0 Å². The predicted molar refractivity (Wildman–Crippen MR) is 88.8 cm³/mol. The van der Waals surface area contributed by atoms with Crippen LogP contribution in [0.25, 0.3) is 0 Å². The molecule has 2 nitrogen and oxygen atoms in total. The molecule has 0 heterocycles. The van der Waals surface area contributed by atoms with Gasteiger partial charge in [-0.1, -0.05) is 29.3 Å². The Balaban J connectivity index is 2.10. The highest BCUT2D eigenvalue weighted by molar-refractivity contribution is 9.10. The molecule has 0 amide bonds. The molecule has 20 heavy (non-hydrogen) atoms. The lowest BCUT2D eigenvalue weighted by Crippen LogP contribution is -2.13. The average molecular weight is 375 g/mol. The second-order valence-corrected chi connectivity index (χ2v) is 6.24. The van der Waals surface area contributed by atoms with Crippen molar-refractivity contribution in [3.63, 3.8) is 0 Å². The average Bonchev–Trinajstić information content (AvgIpc) is 2.42. The minimum absolute atomic E-state index is 0.349. The van der Waals surface area contributed by atoms with Crippen LogP contribution in [0.5, 0.6) is 0 Å². The third kappa shape index (κ3) is 3.89. The summed E-state index contributed by atoms with van der Waals surface area (Å²) in [6, 6.07) is 11.1. The lowest BCUT2D eigenvalue weighted by Gasteiger charge is -2.16. The highest BCUT2D eigenvalue weighted by Crippen LogP contribution is 2.28. The van der Waals surface area contributed by atoms with Crippen LogP contribution in [0, 0.1) is 6.92 Å². The maximum atomic E-state index is 10.2. The largest absolute Gasteiger partial charge is 0.387 e. The second kappa shape index (κ2) is 6.81. The summed E-state index contributed by atoms with van der Waals surface area (Å²) in [6.07, 6.45) is -0.728. The normalized spacial score (nSPS) is 12.2. The van der Waals surface area contributed by atoms with Crippen LogP contribution in [0.2, 0.25) is 10.0 Å². The van der Waals surface area contributed by atoms with Crippen LogP contribution >= 0.6 is 39.1 Å². The first-order chi connectivity index (χ1) is 9.47. The summed E-state index contributed by atoms with van der Waals surface area (Å²) in [5.74, 6) is 0. The first-order valence-electron chi connectivity index (χ1n) is 6.10. The maximum absolute atomic E-state index is 10.2. The molecule has 2 aromatic carbocycles. The van der Waals surface area contributed by atoms with Crippen molar-refractivity contribution >= 4 is 44.8 Å². The Morgan fingerprint density at radius 1 is 1.20 bits per heavy atom. The molecule has 0 saturated carbocycles. The summed E-state index contributed by atoms with van der Waals surface area (Å²) in [7, 11) is 0. The van der Waals surface area contributed by atoms with Crippen LogP contribution in [-0.2, 0) is 0 Å². The Morgan fingerprint density at radius 2 is 1.95 bits per heavy atom. The lowest BCUT2D eigenvalue weighted by molar-refractivity contribution is 0.191. The van der Waals surface area contributed by atoms with Gasteiger partial charge in [-0.2, -0.15) is 0 Å². The Labute approximate surface area is 136 Å². The van der Waals surface area contributed by atoms with Crippen LogP contribution < -0.4 is 5.32 Å². The molecule has 0 aliphatic carbocycles. The Kier molecular flexibility index (Phi) is 5.33. The summed E-state index contributed by atoms with van der Waals surface area (Å²) in [6.45, 7) is 2.37. The van der Waals surface area contributed by atoms with Gasteiger partial charge in [0, 0.05) is 32.3 Å². The maximum Gasteiger partial charge on any atom is 0.0977 e. The highest BCUT2D eigenvalue weighted by Gasteiger charge is 2.12. The zero-order chi connectivity index (χ0) is 14.7. The third-order valence-electron chi connectivity index (χ3n) is 2.92. The van der Waals surface area contributed by atoms with E-state index in [2.05, 4.69) is 21.2 Å². The Hall–Kier alpha value is -0.740. The van der Waals surface area contributed by atoms with Gasteiger partial charge >= 0.3 is 0 Å². The van der Waals surface area contributed by atoms with Gasteiger partial charge < -0.3 is 10.4 Å². The first-order valence-corrected chi connectivity index (χ1v) is 7.65. The molecule has 2 aromatic rings. The number of benzene rings is 2. The van der Waals surface area contributed by atoms with Crippen LogP contribution in [0.1, 0.15) is 17.2 Å². The summed E-state index contributed by atoms with van der Waals surface area (Å²) in [5, 5.41) is 14.5. The Bertz CT molecular complexity index is 619. The van der Waals surface area contributed by atoms with Crippen LogP contribution in [0.3, 0.4) is 0 Å². The van der Waals surface area contributed by atoms with E-state index < -0.39 is 6.10 Å². The van der Waals surface area contributed by atoms with Crippen molar-refractivity contribution in [1.29, 1.82) is 0 Å². The van der Waals surface area contributed by atoms with E-state index in [1.165, 1.54) is 0 Å². The quantitative estimate of drug-likeness (QED) is 0.769. The van der Waals surface area contributed by atoms with Crippen molar-refractivity contribution in [2.75, 3.05) is 11.9 Å².